The molecule has 0 amide bonds. The summed E-state index contributed by atoms with van der Waals surface area (Å²) in [4.78, 5) is 0. The summed E-state index contributed by atoms with van der Waals surface area (Å²) in [5.74, 6) is 1.98. The lowest BCUT2D eigenvalue weighted by Crippen LogP contribution is -2.02. The van der Waals surface area contributed by atoms with Crippen LogP contribution in [-0.4, -0.2) is 5.75 Å². The van der Waals surface area contributed by atoms with Crippen molar-refractivity contribution >= 4 is 12.6 Å². The van der Waals surface area contributed by atoms with Gasteiger partial charge in [-0.05, 0) is 24.5 Å². The van der Waals surface area contributed by atoms with Crippen LogP contribution >= 0.6 is 12.6 Å². The summed E-state index contributed by atoms with van der Waals surface area (Å²) in [6, 6.07) is 0. The molecule has 0 aliphatic rings. The van der Waals surface area contributed by atoms with Crippen LogP contribution in [0.2, 0.25) is 0 Å². The van der Waals surface area contributed by atoms with E-state index in [0.717, 1.165) is 11.7 Å². The fraction of sp³-hybridized carbons (Fsp3) is 1.00. The van der Waals surface area contributed by atoms with Crippen LogP contribution in [0.3, 0.4) is 0 Å². The van der Waals surface area contributed by atoms with Gasteiger partial charge in [0.05, 0.1) is 0 Å². The molecule has 86 valence electrons. The summed E-state index contributed by atoms with van der Waals surface area (Å²) in [6.45, 7) is 4.55. The smallest absolute Gasteiger partial charge is 0.00695 e. The molecule has 1 atom stereocenters. The van der Waals surface area contributed by atoms with Crippen molar-refractivity contribution in [1.29, 1.82) is 0 Å². The van der Waals surface area contributed by atoms with Crippen LogP contribution in [0, 0.1) is 5.92 Å². The molecule has 0 fully saturated rings. The van der Waals surface area contributed by atoms with E-state index in [4.69, 9.17) is 0 Å². The van der Waals surface area contributed by atoms with Gasteiger partial charge in [-0.2, -0.15) is 12.6 Å². The van der Waals surface area contributed by atoms with Gasteiger partial charge in [-0.1, -0.05) is 58.8 Å². The zero-order chi connectivity index (χ0) is 10.6. The molecule has 0 aliphatic heterocycles. The molecule has 1 heteroatoms. The largest absolute Gasteiger partial charge is 0.179 e. The Labute approximate surface area is 96.3 Å². The second-order valence-electron chi connectivity index (χ2n) is 4.39. The minimum atomic E-state index is 0.889. The molecule has 0 aromatic carbocycles. The van der Waals surface area contributed by atoms with Gasteiger partial charge in [0.15, 0.2) is 0 Å². The SMILES string of the molecule is CCCCCCCC(CS)CCCC. The van der Waals surface area contributed by atoms with Crippen LogP contribution in [0.1, 0.15) is 71.6 Å². The summed E-state index contributed by atoms with van der Waals surface area (Å²) in [6.07, 6.45) is 12.6. The Morgan fingerprint density at radius 3 is 1.93 bits per heavy atom. The third-order valence-corrected chi connectivity index (χ3v) is 3.46. The molecule has 1 unspecified atom stereocenters. The minimum Gasteiger partial charge on any atom is -0.179 e. The number of rotatable bonds is 10. The van der Waals surface area contributed by atoms with Gasteiger partial charge in [-0.3, -0.25) is 0 Å². The van der Waals surface area contributed by atoms with E-state index in [0.29, 0.717) is 0 Å². The molecule has 0 spiro atoms. The highest BCUT2D eigenvalue weighted by Gasteiger charge is 2.05. The second-order valence-corrected chi connectivity index (χ2v) is 4.76. The predicted molar refractivity (Wildman–Crippen MR) is 70.2 cm³/mol. The third kappa shape index (κ3) is 8.93. The van der Waals surface area contributed by atoms with Crippen LogP contribution < -0.4 is 0 Å². The maximum Gasteiger partial charge on any atom is -0.00695 e. The molecule has 0 aromatic rings. The van der Waals surface area contributed by atoms with E-state index >= 15 is 0 Å². The zero-order valence-corrected chi connectivity index (χ0v) is 11.0. The van der Waals surface area contributed by atoms with Crippen LogP contribution in [0.25, 0.3) is 0 Å². The van der Waals surface area contributed by atoms with E-state index in [1.54, 1.807) is 0 Å². The minimum absolute atomic E-state index is 0.889. The molecule has 0 aromatic heterocycles. The van der Waals surface area contributed by atoms with Crippen LogP contribution in [0.5, 0.6) is 0 Å². The molecule has 0 saturated heterocycles. The van der Waals surface area contributed by atoms with Crippen molar-refractivity contribution in [2.24, 2.45) is 5.92 Å². The second kappa shape index (κ2) is 11.4. The summed E-state index contributed by atoms with van der Waals surface area (Å²) >= 11 is 4.43. The van der Waals surface area contributed by atoms with Crippen LogP contribution in [0.15, 0.2) is 0 Å². The van der Waals surface area contributed by atoms with E-state index < -0.39 is 0 Å². The van der Waals surface area contributed by atoms with E-state index in [2.05, 4.69) is 26.5 Å². The van der Waals surface area contributed by atoms with Gasteiger partial charge in [0.1, 0.15) is 0 Å². The Morgan fingerprint density at radius 1 is 0.786 bits per heavy atom. The molecule has 0 radical (unpaired) electrons. The Morgan fingerprint density at radius 2 is 1.36 bits per heavy atom. The van der Waals surface area contributed by atoms with Gasteiger partial charge in [0.25, 0.3) is 0 Å². The fourth-order valence-corrected chi connectivity index (χ4v) is 2.22. The lowest BCUT2D eigenvalue weighted by atomic mass is 9.97. The summed E-state index contributed by atoms with van der Waals surface area (Å²) in [5, 5.41) is 0. The third-order valence-electron chi connectivity index (χ3n) is 2.94. The molecule has 0 aliphatic carbocycles. The van der Waals surface area contributed by atoms with Gasteiger partial charge in [0.2, 0.25) is 0 Å². The van der Waals surface area contributed by atoms with Gasteiger partial charge in [-0.15, -0.1) is 0 Å². The topological polar surface area (TPSA) is 0 Å². The standard InChI is InChI=1S/C13H28S/c1-3-5-7-8-9-11-13(12-14)10-6-4-2/h13-14H,3-12H2,1-2H3. The molecule has 0 bridgehead atoms. The highest BCUT2D eigenvalue weighted by Crippen LogP contribution is 2.18. The average molecular weight is 216 g/mol. The first-order valence-corrected chi connectivity index (χ1v) is 7.09. The summed E-state index contributed by atoms with van der Waals surface area (Å²) < 4.78 is 0. The number of hydrogen-bond donors (Lipinski definition) is 1. The molecule has 0 N–H and O–H groups in total. The molecule has 14 heavy (non-hydrogen) atoms. The van der Waals surface area contributed by atoms with Crippen molar-refractivity contribution in [3.8, 4) is 0 Å². The zero-order valence-electron chi connectivity index (χ0n) is 10.1. The van der Waals surface area contributed by atoms with E-state index in [-0.39, 0.29) is 0 Å². The van der Waals surface area contributed by atoms with Crippen molar-refractivity contribution in [3.63, 3.8) is 0 Å². The van der Waals surface area contributed by atoms with Crippen molar-refractivity contribution in [2.45, 2.75) is 71.6 Å². The van der Waals surface area contributed by atoms with Gasteiger partial charge in [0, 0.05) is 0 Å². The van der Waals surface area contributed by atoms with Crippen molar-refractivity contribution in [1.82, 2.24) is 0 Å². The van der Waals surface area contributed by atoms with Crippen molar-refractivity contribution in [2.75, 3.05) is 5.75 Å². The first-order valence-electron chi connectivity index (χ1n) is 6.46. The Kier molecular flexibility index (Phi) is 11.7. The maximum atomic E-state index is 4.43. The quantitative estimate of drug-likeness (QED) is 0.382. The van der Waals surface area contributed by atoms with E-state index in [9.17, 15) is 0 Å². The molecular weight excluding hydrogens is 188 g/mol. The lowest BCUT2D eigenvalue weighted by Gasteiger charge is -2.13. The Hall–Kier alpha value is 0.350. The summed E-state index contributed by atoms with van der Waals surface area (Å²) in [7, 11) is 0. The van der Waals surface area contributed by atoms with Gasteiger partial charge in [-0.25, -0.2) is 0 Å². The molecule has 0 saturated carbocycles. The maximum absolute atomic E-state index is 4.43. The molecule has 0 nitrogen and oxygen atoms in total. The molecular formula is C13H28S. The monoisotopic (exact) mass is 216 g/mol. The number of hydrogen-bond acceptors (Lipinski definition) is 1. The number of unbranched alkanes of at least 4 members (excludes halogenated alkanes) is 5. The van der Waals surface area contributed by atoms with Crippen molar-refractivity contribution < 1.29 is 0 Å². The van der Waals surface area contributed by atoms with E-state index in [1.165, 1.54) is 57.8 Å². The van der Waals surface area contributed by atoms with Gasteiger partial charge < -0.3 is 0 Å². The van der Waals surface area contributed by atoms with Crippen LogP contribution in [0.4, 0.5) is 0 Å². The Bertz CT molecular complexity index is 101. The lowest BCUT2D eigenvalue weighted by molar-refractivity contribution is 0.450. The predicted octanol–water partition coefficient (Wildman–Crippen LogP) is 5.08. The fourth-order valence-electron chi connectivity index (χ4n) is 1.86. The first-order chi connectivity index (χ1) is 6.85. The van der Waals surface area contributed by atoms with Gasteiger partial charge >= 0.3 is 0 Å². The van der Waals surface area contributed by atoms with Crippen molar-refractivity contribution in [3.05, 3.63) is 0 Å². The normalized spacial score (nSPS) is 13.1. The molecule has 0 heterocycles. The Balaban J connectivity index is 3.24. The highest BCUT2D eigenvalue weighted by atomic mass is 32.1. The van der Waals surface area contributed by atoms with Crippen LogP contribution in [-0.2, 0) is 0 Å². The number of thiol groups is 1. The highest BCUT2D eigenvalue weighted by molar-refractivity contribution is 7.80. The average Bonchev–Trinajstić information content (AvgIpc) is 2.22. The first kappa shape index (κ1) is 14.3. The van der Waals surface area contributed by atoms with E-state index in [1.807, 2.05) is 0 Å². The summed E-state index contributed by atoms with van der Waals surface area (Å²) in [5.41, 5.74) is 0. The molecule has 0 rings (SSSR count).